The van der Waals surface area contributed by atoms with Crippen LogP contribution in [0.3, 0.4) is 0 Å². The minimum Gasteiger partial charge on any atom is -0.481 e. The fourth-order valence-corrected chi connectivity index (χ4v) is 4.33. The summed E-state index contributed by atoms with van der Waals surface area (Å²) in [4.78, 5) is 10.4. The number of aliphatic carboxylic acids is 1. The third kappa shape index (κ3) is 8.77. The second kappa shape index (κ2) is 8.90. The summed E-state index contributed by atoms with van der Waals surface area (Å²) >= 11 is 0. The van der Waals surface area contributed by atoms with Crippen molar-refractivity contribution in [2.45, 2.75) is 109 Å². The van der Waals surface area contributed by atoms with Crippen molar-refractivity contribution in [3.8, 4) is 0 Å². The first-order valence-corrected chi connectivity index (χ1v) is 9.21. The molecule has 1 rings (SSSR count). The molecule has 0 aromatic carbocycles. The van der Waals surface area contributed by atoms with E-state index in [0.717, 1.165) is 18.8 Å². The number of hydrogen-bond acceptors (Lipinski definition) is 2. The molecule has 0 radical (unpaired) electrons. The van der Waals surface area contributed by atoms with Crippen LogP contribution in [0.2, 0.25) is 0 Å². The summed E-state index contributed by atoms with van der Waals surface area (Å²) in [5.41, 5.74) is 0.549. The van der Waals surface area contributed by atoms with Gasteiger partial charge < -0.3 is 10.4 Å². The molecule has 0 amide bonds. The predicted molar refractivity (Wildman–Crippen MR) is 93.2 cm³/mol. The molecule has 2 N–H and O–H groups in total. The van der Waals surface area contributed by atoms with Gasteiger partial charge in [-0.2, -0.15) is 0 Å². The van der Waals surface area contributed by atoms with Crippen LogP contribution in [0.15, 0.2) is 0 Å². The lowest BCUT2D eigenvalue weighted by Crippen LogP contribution is -2.57. The van der Waals surface area contributed by atoms with E-state index in [1.807, 2.05) is 0 Å². The summed E-state index contributed by atoms with van der Waals surface area (Å²) in [6.07, 6.45) is 12.7. The number of nitrogens with one attached hydrogen (secondary N) is 1. The molecule has 3 heteroatoms. The number of carbonyl (C=O) groups is 1. The molecule has 1 saturated heterocycles. The third-order valence-electron chi connectivity index (χ3n) is 4.78. The highest BCUT2D eigenvalue weighted by Gasteiger charge is 2.36. The van der Waals surface area contributed by atoms with Crippen molar-refractivity contribution in [1.29, 1.82) is 0 Å². The molecular weight excluding hydrogens is 274 g/mol. The van der Waals surface area contributed by atoms with E-state index in [0.29, 0.717) is 6.42 Å². The highest BCUT2D eigenvalue weighted by atomic mass is 16.4. The van der Waals surface area contributed by atoms with Crippen LogP contribution in [0, 0.1) is 5.92 Å². The largest absolute Gasteiger partial charge is 0.481 e. The lowest BCUT2D eigenvalue weighted by atomic mass is 9.74. The standard InChI is InChI=1S/C19H37NO2/c1-18(2)14-16(15-19(3,4)20-18)12-10-8-6-5-7-9-11-13-17(21)22/h16,20H,5-15H2,1-4H3,(H,21,22). The van der Waals surface area contributed by atoms with Gasteiger partial charge in [-0.05, 0) is 52.9 Å². The van der Waals surface area contributed by atoms with Crippen molar-refractivity contribution in [3.05, 3.63) is 0 Å². The van der Waals surface area contributed by atoms with Crippen molar-refractivity contribution in [2.24, 2.45) is 5.92 Å². The Bertz CT molecular complexity index is 320. The molecule has 22 heavy (non-hydrogen) atoms. The minimum atomic E-state index is -0.659. The van der Waals surface area contributed by atoms with Gasteiger partial charge in [0.2, 0.25) is 0 Å². The van der Waals surface area contributed by atoms with Crippen LogP contribution in [0.25, 0.3) is 0 Å². The van der Waals surface area contributed by atoms with Crippen LogP contribution in [0.5, 0.6) is 0 Å². The Morgan fingerprint density at radius 2 is 1.36 bits per heavy atom. The van der Waals surface area contributed by atoms with Crippen LogP contribution in [-0.4, -0.2) is 22.2 Å². The molecular formula is C19H37NO2. The Morgan fingerprint density at radius 3 is 1.86 bits per heavy atom. The minimum absolute atomic E-state index is 0.274. The fraction of sp³-hybridized carbons (Fsp3) is 0.947. The van der Waals surface area contributed by atoms with E-state index >= 15 is 0 Å². The van der Waals surface area contributed by atoms with Gasteiger partial charge in [-0.3, -0.25) is 4.79 Å². The molecule has 1 fully saturated rings. The molecule has 3 nitrogen and oxygen atoms in total. The normalized spacial score (nSPS) is 20.9. The molecule has 0 aliphatic carbocycles. The number of piperidine rings is 1. The fourth-order valence-electron chi connectivity index (χ4n) is 4.33. The number of carboxylic acid groups (broad SMARTS) is 1. The highest BCUT2D eigenvalue weighted by Crippen LogP contribution is 2.35. The smallest absolute Gasteiger partial charge is 0.303 e. The lowest BCUT2D eigenvalue weighted by Gasteiger charge is -2.46. The first kappa shape index (κ1) is 19.5. The topological polar surface area (TPSA) is 49.3 Å². The lowest BCUT2D eigenvalue weighted by molar-refractivity contribution is -0.137. The van der Waals surface area contributed by atoms with Gasteiger partial charge in [-0.15, -0.1) is 0 Å². The van der Waals surface area contributed by atoms with E-state index in [4.69, 9.17) is 5.11 Å². The number of rotatable bonds is 10. The molecule has 0 saturated carbocycles. The van der Waals surface area contributed by atoms with E-state index in [-0.39, 0.29) is 11.1 Å². The van der Waals surface area contributed by atoms with E-state index < -0.39 is 5.97 Å². The molecule has 0 atom stereocenters. The molecule has 0 spiro atoms. The Hall–Kier alpha value is -0.570. The van der Waals surface area contributed by atoms with Gasteiger partial charge >= 0.3 is 5.97 Å². The SMILES string of the molecule is CC1(C)CC(CCCCCCCCCC(=O)O)CC(C)(C)N1. The van der Waals surface area contributed by atoms with Crippen molar-refractivity contribution in [2.75, 3.05) is 0 Å². The third-order valence-corrected chi connectivity index (χ3v) is 4.78. The summed E-state index contributed by atoms with van der Waals surface area (Å²) in [6, 6.07) is 0. The summed E-state index contributed by atoms with van der Waals surface area (Å²) < 4.78 is 0. The van der Waals surface area contributed by atoms with Gasteiger partial charge in [-0.25, -0.2) is 0 Å². The predicted octanol–water partition coefficient (Wildman–Crippen LogP) is 5.14. The average molecular weight is 312 g/mol. The molecule has 130 valence electrons. The second-order valence-corrected chi connectivity index (χ2v) is 8.57. The molecule has 0 aromatic heterocycles. The summed E-state index contributed by atoms with van der Waals surface area (Å²) in [5.74, 6) is 0.203. The van der Waals surface area contributed by atoms with E-state index in [1.54, 1.807) is 0 Å². The zero-order valence-electron chi connectivity index (χ0n) is 15.2. The van der Waals surface area contributed by atoms with Crippen molar-refractivity contribution < 1.29 is 9.90 Å². The molecule has 0 aromatic rings. The number of carboxylic acids is 1. The van der Waals surface area contributed by atoms with Gasteiger partial charge in [0.25, 0.3) is 0 Å². The van der Waals surface area contributed by atoms with Crippen molar-refractivity contribution in [3.63, 3.8) is 0 Å². The molecule has 1 heterocycles. The van der Waals surface area contributed by atoms with E-state index in [2.05, 4.69) is 33.0 Å². The first-order valence-electron chi connectivity index (χ1n) is 9.21. The van der Waals surface area contributed by atoms with Gasteiger partial charge in [0.05, 0.1) is 0 Å². The summed E-state index contributed by atoms with van der Waals surface area (Å²) in [6.45, 7) is 9.33. The average Bonchev–Trinajstić information content (AvgIpc) is 2.32. The summed E-state index contributed by atoms with van der Waals surface area (Å²) in [7, 11) is 0. The van der Waals surface area contributed by atoms with Gasteiger partial charge in [-0.1, -0.05) is 44.9 Å². The number of unbranched alkanes of at least 4 members (excludes halogenated alkanes) is 6. The van der Waals surface area contributed by atoms with Crippen LogP contribution in [-0.2, 0) is 4.79 Å². The second-order valence-electron chi connectivity index (χ2n) is 8.57. The Morgan fingerprint density at radius 1 is 0.909 bits per heavy atom. The van der Waals surface area contributed by atoms with Crippen LogP contribution >= 0.6 is 0 Å². The Kier molecular flexibility index (Phi) is 7.88. The quantitative estimate of drug-likeness (QED) is 0.549. The molecule has 1 aliphatic rings. The van der Waals surface area contributed by atoms with Crippen LogP contribution in [0.1, 0.15) is 98.3 Å². The van der Waals surface area contributed by atoms with Crippen molar-refractivity contribution in [1.82, 2.24) is 5.32 Å². The zero-order valence-corrected chi connectivity index (χ0v) is 15.2. The monoisotopic (exact) mass is 311 g/mol. The molecule has 0 unspecified atom stereocenters. The highest BCUT2D eigenvalue weighted by molar-refractivity contribution is 5.66. The number of hydrogen-bond donors (Lipinski definition) is 2. The maximum absolute atomic E-state index is 10.4. The van der Waals surface area contributed by atoms with Crippen LogP contribution in [0.4, 0.5) is 0 Å². The van der Waals surface area contributed by atoms with Gasteiger partial charge in [0.15, 0.2) is 0 Å². The summed E-state index contributed by atoms with van der Waals surface area (Å²) in [5, 5.41) is 12.3. The van der Waals surface area contributed by atoms with Gasteiger partial charge in [0, 0.05) is 17.5 Å². The maximum Gasteiger partial charge on any atom is 0.303 e. The van der Waals surface area contributed by atoms with E-state index in [9.17, 15) is 4.79 Å². The Labute approximate surface area is 137 Å². The zero-order chi connectivity index (χ0) is 16.6. The molecule has 0 bridgehead atoms. The molecule has 1 aliphatic heterocycles. The first-order chi connectivity index (χ1) is 10.2. The Balaban J connectivity index is 2.04. The maximum atomic E-state index is 10.4. The van der Waals surface area contributed by atoms with Crippen LogP contribution < -0.4 is 5.32 Å². The van der Waals surface area contributed by atoms with E-state index in [1.165, 1.54) is 51.4 Å². The van der Waals surface area contributed by atoms with Crippen molar-refractivity contribution >= 4 is 5.97 Å². The van der Waals surface area contributed by atoms with Gasteiger partial charge in [0.1, 0.15) is 0 Å².